The largest absolute Gasteiger partial charge is 0.472 e. The van der Waals surface area contributed by atoms with Crippen LogP contribution in [0.5, 0.6) is 0 Å². The van der Waals surface area contributed by atoms with Crippen molar-refractivity contribution in [2.75, 3.05) is 26.4 Å². The normalized spacial score (nSPS) is 14.5. The number of allylic oxidation sites excluding steroid dienone is 12. The smallest absolute Gasteiger partial charge is 0.462 e. The van der Waals surface area contributed by atoms with Gasteiger partial charge in [-0.1, -0.05) is 126 Å². The van der Waals surface area contributed by atoms with E-state index in [2.05, 4.69) is 42.7 Å². The number of carbonyl (C=O) groups excluding carboxylic acids is 3. The Morgan fingerprint density at radius 2 is 1.11 bits per heavy atom. The third kappa shape index (κ3) is 38.0. The lowest BCUT2D eigenvalue weighted by Crippen LogP contribution is -2.29. The zero-order valence-electron chi connectivity index (χ0n) is 34.3. The number of aliphatic hydroxyl groups excluding tert-OH is 2. The monoisotopic (exact) mass is 808 g/mol. The summed E-state index contributed by atoms with van der Waals surface area (Å²) in [5.41, 5.74) is 0. The van der Waals surface area contributed by atoms with Gasteiger partial charge < -0.3 is 24.6 Å². The molecule has 0 aliphatic rings. The van der Waals surface area contributed by atoms with Crippen molar-refractivity contribution in [3.63, 3.8) is 0 Å². The van der Waals surface area contributed by atoms with Crippen molar-refractivity contribution < 1.29 is 52.6 Å². The Kier molecular flexibility index (Phi) is 36.9. The molecule has 0 aromatic heterocycles. The lowest BCUT2D eigenvalue weighted by atomic mass is 10.1. The molecule has 3 atom stereocenters. The molecule has 0 saturated carbocycles. The van der Waals surface area contributed by atoms with Crippen LogP contribution in [-0.4, -0.2) is 71.5 Å². The van der Waals surface area contributed by atoms with Crippen molar-refractivity contribution in [3.05, 3.63) is 72.9 Å². The van der Waals surface area contributed by atoms with Crippen LogP contribution in [0.1, 0.15) is 149 Å². The summed E-state index contributed by atoms with van der Waals surface area (Å²) in [7, 11) is -4.65. The molecule has 0 aromatic rings. The van der Waals surface area contributed by atoms with E-state index in [0.29, 0.717) is 25.7 Å². The van der Waals surface area contributed by atoms with Gasteiger partial charge in [-0.3, -0.25) is 23.4 Å². The number of carbonyl (C=O) groups is 3. The Bertz CT molecular complexity index is 1220. The lowest BCUT2D eigenvalue weighted by molar-refractivity contribution is -0.161. The number of hydrogen-bond acceptors (Lipinski definition) is 10. The van der Waals surface area contributed by atoms with Crippen molar-refractivity contribution in [3.8, 4) is 0 Å². The lowest BCUT2D eigenvalue weighted by Gasteiger charge is -2.20. The van der Waals surface area contributed by atoms with Crippen molar-refractivity contribution in [1.29, 1.82) is 0 Å². The number of aliphatic hydroxyl groups is 2. The molecule has 320 valence electrons. The average Bonchev–Trinajstić information content (AvgIpc) is 3.18. The first-order valence-electron chi connectivity index (χ1n) is 20.8. The first kappa shape index (κ1) is 53.1. The van der Waals surface area contributed by atoms with E-state index < -0.39 is 51.8 Å². The summed E-state index contributed by atoms with van der Waals surface area (Å²) >= 11 is 0. The minimum Gasteiger partial charge on any atom is -0.462 e. The van der Waals surface area contributed by atoms with Crippen LogP contribution in [0.25, 0.3) is 0 Å². The van der Waals surface area contributed by atoms with Gasteiger partial charge in [0.1, 0.15) is 12.7 Å². The number of esters is 2. The highest BCUT2D eigenvalue weighted by Gasteiger charge is 2.27. The van der Waals surface area contributed by atoms with Crippen LogP contribution < -0.4 is 0 Å². The Hall–Kier alpha value is -2.92. The van der Waals surface area contributed by atoms with Crippen LogP contribution >= 0.6 is 7.82 Å². The minimum atomic E-state index is -4.65. The van der Waals surface area contributed by atoms with Crippen molar-refractivity contribution in [2.45, 2.75) is 161 Å². The highest BCUT2D eigenvalue weighted by molar-refractivity contribution is 7.47. The third-order valence-electron chi connectivity index (χ3n) is 8.31. The standard InChI is InChI=1S/C44H73O11P/c1-3-5-7-8-9-10-11-12-13-14-17-20-23-26-30-34-43(48)52-38-42(39-54-56(50,51)53-37-41(47)36-45)55-44(49)35-31-27-24-21-18-15-16-19-22-25-29-33-40(46)32-28-6-4-2/h9-10,12-13,15-16,21-22,24-25,29,33,41-42,45,47H,3-8,11,14,17-20,23,26-28,30-32,34-39H2,1-2H3,(H,50,51)/b10-9-,13-12-,16-15-,24-21-,25-22-,33-29+/t41-,42+/m0/s1. The third-order valence-corrected chi connectivity index (χ3v) is 9.26. The zero-order chi connectivity index (χ0) is 41.4. The molecule has 0 fully saturated rings. The summed E-state index contributed by atoms with van der Waals surface area (Å²) in [6.07, 6.45) is 40.0. The van der Waals surface area contributed by atoms with Gasteiger partial charge in [-0.2, -0.15) is 0 Å². The van der Waals surface area contributed by atoms with E-state index in [1.807, 2.05) is 36.5 Å². The topological polar surface area (TPSA) is 166 Å². The maximum absolute atomic E-state index is 12.6. The van der Waals surface area contributed by atoms with E-state index in [9.17, 15) is 28.9 Å². The van der Waals surface area contributed by atoms with E-state index in [4.69, 9.17) is 19.1 Å². The van der Waals surface area contributed by atoms with Gasteiger partial charge in [0.05, 0.1) is 19.8 Å². The Labute approximate surface area is 337 Å². The number of rotatable bonds is 38. The van der Waals surface area contributed by atoms with Crippen LogP contribution in [0.2, 0.25) is 0 Å². The number of unbranched alkanes of at least 4 members (excludes halogenated alkanes) is 11. The minimum absolute atomic E-state index is 0.0754. The summed E-state index contributed by atoms with van der Waals surface area (Å²) in [5, 5.41) is 18.3. The number of phosphoric acid groups is 1. The molecule has 0 bridgehead atoms. The molecule has 0 aromatic carbocycles. The molecular weight excluding hydrogens is 735 g/mol. The summed E-state index contributed by atoms with van der Waals surface area (Å²) in [6, 6.07) is 0. The predicted octanol–water partition coefficient (Wildman–Crippen LogP) is 10.1. The number of phosphoric ester groups is 1. The molecule has 0 saturated heterocycles. The molecule has 12 heteroatoms. The average molecular weight is 809 g/mol. The second-order valence-corrected chi connectivity index (χ2v) is 15.1. The fourth-order valence-electron chi connectivity index (χ4n) is 5.03. The zero-order valence-corrected chi connectivity index (χ0v) is 35.2. The maximum atomic E-state index is 12.6. The molecule has 1 unspecified atom stereocenters. The quantitative estimate of drug-likeness (QED) is 0.0136. The first-order valence-corrected chi connectivity index (χ1v) is 22.3. The number of ether oxygens (including phenoxy) is 2. The summed E-state index contributed by atoms with van der Waals surface area (Å²) in [5.74, 6) is -0.894. The van der Waals surface area contributed by atoms with E-state index in [0.717, 1.165) is 77.0 Å². The summed E-state index contributed by atoms with van der Waals surface area (Å²) in [6.45, 7) is 2.07. The number of ketones is 1. The molecule has 0 amide bonds. The maximum Gasteiger partial charge on any atom is 0.472 e. The van der Waals surface area contributed by atoms with Gasteiger partial charge in [0, 0.05) is 19.3 Å². The summed E-state index contributed by atoms with van der Waals surface area (Å²) in [4.78, 5) is 46.6. The highest BCUT2D eigenvalue weighted by Crippen LogP contribution is 2.43. The molecule has 0 spiro atoms. The fraction of sp³-hybridized carbons (Fsp3) is 0.659. The SMILES string of the molecule is CCCCC/C=C\C/C=C\CCCCCCCC(=O)OC[C@H](COP(=O)(O)OC[C@@H](O)CO)OC(=O)CCC/C=C\C/C=C\C/C=C\C=C\C(=O)CCCCC. The second kappa shape index (κ2) is 38.9. The Balaban J connectivity index is 4.51. The Morgan fingerprint density at radius 1 is 0.589 bits per heavy atom. The Morgan fingerprint density at radius 3 is 1.77 bits per heavy atom. The van der Waals surface area contributed by atoms with Crippen LogP contribution in [0.15, 0.2) is 72.9 Å². The summed E-state index contributed by atoms with van der Waals surface area (Å²) < 4.78 is 32.6. The molecular formula is C44H73O11P. The van der Waals surface area contributed by atoms with E-state index in [1.54, 1.807) is 12.2 Å². The number of hydrogen-bond donors (Lipinski definition) is 3. The van der Waals surface area contributed by atoms with Gasteiger partial charge in [-0.15, -0.1) is 0 Å². The van der Waals surface area contributed by atoms with Gasteiger partial charge in [0.2, 0.25) is 0 Å². The van der Waals surface area contributed by atoms with Crippen LogP contribution in [0.3, 0.4) is 0 Å². The second-order valence-electron chi connectivity index (χ2n) is 13.7. The van der Waals surface area contributed by atoms with Gasteiger partial charge in [0.25, 0.3) is 0 Å². The van der Waals surface area contributed by atoms with Gasteiger partial charge in [0.15, 0.2) is 11.9 Å². The van der Waals surface area contributed by atoms with Crippen LogP contribution in [0.4, 0.5) is 0 Å². The van der Waals surface area contributed by atoms with Crippen molar-refractivity contribution in [1.82, 2.24) is 0 Å². The van der Waals surface area contributed by atoms with Gasteiger partial charge in [-0.25, -0.2) is 4.57 Å². The molecule has 11 nitrogen and oxygen atoms in total. The fourth-order valence-corrected chi connectivity index (χ4v) is 5.82. The molecule has 0 aliphatic heterocycles. The van der Waals surface area contributed by atoms with Crippen LogP contribution in [0, 0.1) is 0 Å². The molecule has 0 rings (SSSR count). The van der Waals surface area contributed by atoms with Crippen molar-refractivity contribution >= 4 is 25.5 Å². The molecule has 0 radical (unpaired) electrons. The van der Waals surface area contributed by atoms with E-state index in [-0.39, 0.29) is 25.2 Å². The van der Waals surface area contributed by atoms with Gasteiger partial charge in [-0.05, 0) is 76.7 Å². The van der Waals surface area contributed by atoms with Crippen LogP contribution in [-0.2, 0) is 37.5 Å². The van der Waals surface area contributed by atoms with Crippen molar-refractivity contribution in [2.24, 2.45) is 0 Å². The highest BCUT2D eigenvalue weighted by atomic mass is 31.2. The molecule has 0 aliphatic carbocycles. The molecule has 0 heterocycles. The van der Waals surface area contributed by atoms with E-state index in [1.165, 1.54) is 19.3 Å². The van der Waals surface area contributed by atoms with Gasteiger partial charge >= 0.3 is 19.8 Å². The first-order chi connectivity index (χ1) is 27.1. The van der Waals surface area contributed by atoms with E-state index >= 15 is 0 Å². The molecule has 56 heavy (non-hydrogen) atoms. The predicted molar refractivity (Wildman–Crippen MR) is 224 cm³/mol. The molecule has 3 N–H and O–H groups in total.